The molecule has 10 heteroatoms. The molecule has 162 valence electrons. The van der Waals surface area contributed by atoms with Gasteiger partial charge in [0, 0.05) is 43.8 Å². The maximum atomic E-state index is 15.2. The van der Waals surface area contributed by atoms with E-state index in [0.29, 0.717) is 23.4 Å². The van der Waals surface area contributed by atoms with Crippen LogP contribution in [0.25, 0.3) is 5.65 Å². The Kier molecular flexibility index (Phi) is 3.81. The Hall–Kier alpha value is -3.43. The highest BCUT2D eigenvalue weighted by Gasteiger charge is 2.32. The van der Waals surface area contributed by atoms with Gasteiger partial charge in [0.25, 0.3) is 5.56 Å². The fourth-order valence-electron chi connectivity index (χ4n) is 3.69. The topological polar surface area (TPSA) is 78.2 Å². The van der Waals surface area contributed by atoms with Crippen LogP contribution >= 0.6 is 0 Å². The van der Waals surface area contributed by atoms with Crippen LogP contribution in [0.2, 0.25) is 0 Å². The molecule has 8 nitrogen and oxygen atoms in total. The quantitative estimate of drug-likeness (QED) is 0.587. The maximum absolute atomic E-state index is 15.2. The molecule has 2 aromatic heterocycles. The summed E-state index contributed by atoms with van der Waals surface area (Å²) in [6.07, 6.45) is -0.504. The zero-order chi connectivity index (χ0) is 25.1. The summed E-state index contributed by atoms with van der Waals surface area (Å²) in [6.45, 7) is -3.80. The standard InChI is InChI=1S/C21H20F2N4O4/c1-12-8-18-24-4-2-19(28)27(18)25-21(12)26-5-3-13(11-17(26)23)31-14-9-15(22)20-16(10-14)29-6-7-30-20/h2,4,8-10,13,17H,3,5-7,11H2,1H3/t13-,17-/m0/s1/i6D2,7D2. The second kappa shape index (κ2) is 7.68. The zero-order valence-electron chi connectivity index (χ0n) is 20.3. The van der Waals surface area contributed by atoms with Crippen LogP contribution in [0, 0.1) is 12.7 Å². The van der Waals surface area contributed by atoms with Crippen molar-refractivity contribution in [2.75, 3.05) is 24.6 Å². The largest absolute Gasteiger partial charge is 0.490 e. The van der Waals surface area contributed by atoms with Gasteiger partial charge in [-0.2, -0.15) is 4.52 Å². The van der Waals surface area contributed by atoms with Gasteiger partial charge >= 0.3 is 0 Å². The van der Waals surface area contributed by atoms with Crippen LogP contribution in [0.4, 0.5) is 14.6 Å². The van der Waals surface area contributed by atoms with Crippen LogP contribution in [-0.4, -0.2) is 46.7 Å². The van der Waals surface area contributed by atoms with E-state index in [9.17, 15) is 9.18 Å². The van der Waals surface area contributed by atoms with E-state index >= 15 is 4.39 Å². The molecule has 0 saturated carbocycles. The number of anilines is 1. The summed E-state index contributed by atoms with van der Waals surface area (Å²) < 4.78 is 76.9. The summed E-state index contributed by atoms with van der Waals surface area (Å²) in [6, 6.07) is 5.04. The zero-order valence-corrected chi connectivity index (χ0v) is 16.3. The van der Waals surface area contributed by atoms with Gasteiger partial charge in [0.1, 0.15) is 25.0 Å². The molecule has 0 unspecified atom stereocenters. The summed E-state index contributed by atoms with van der Waals surface area (Å²) in [7, 11) is 0. The second-order valence-corrected chi connectivity index (χ2v) is 7.24. The minimum atomic E-state index is -2.90. The van der Waals surface area contributed by atoms with Crippen LogP contribution in [0.5, 0.6) is 17.2 Å². The van der Waals surface area contributed by atoms with Crippen LogP contribution < -0.4 is 24.7 Å². The average Bonchev–Trinajstić information content (AvgIpc) is 2.75. The van der Waals surface area contributed by atoms with Crippen LogP contribution in [0.1, 0.15) is 23.9 Å². The predicted octanol–water partition coefficient (Wildman–Crippen LogP) is 2.65. The molecule has 2 atom stereocenters. The van der Waals surface area contributed by atoms with Gasteiger partial charge in [-0.1, -0.05) is 0 Å². The molecule has 3 aromatic rings. The number of hydrogen-bond donors (Lipinski definition) is 0. The van der Waals surface area contributed by atoms with Gasteiger partial charge in [-0.15, -0.1) is 5.10 Å². The molecule has 0 radical (unpaired) electrons. The van der Waals surface area contributed by atoms with Crippen molar-refractivity contribution in [3.05, 3.63) is 52.2 Å². The molecule has 1 saturated heterocycles. The van der Waals surface area contributed by atoms with Crippen LogP contribution in [0.15, 0.2) is 35.3 Å². The van der Waals surface area contributed by atoms with E-state index in [1.807, 2.05) is 0 Å². The van der Waals surface area contributed by atoms with E-state index in [2.05, 4.69) is 10.1 Å². The molecule has 0 N–H and O–H groups in total. The molecular formula is C21H20F2N4O4. The minimum Gasteiger partial charge on any atom is -0.490 e. The predicted molar refractivity (Wildman–Crippen MR) is 107 cm³/mol. The number of halogens is 2. The number of fused-ring (bicyclic) bond motifs is 2. The van der Waals surface area contributed by atoms with Gasteiger partial charge < -0.3 is 19.1 Å². The van der Waals surface area contributed by atoms with Crippen molar-refractivity contribution < 1.29 is 28.5 Å². The second-order valence-electron chi connectivity index (χ2n) is 7.24. The van der Waals surface area contributed by atoms with E-state index < -0.39 is 37.1 Å². The smallest absolute Gasteiger partial charge is 0.274 e. The lowest BCUT2D eigenvalue weighted by Gasteiger charge is -2.36. The summed E-state index contributed by atoms with van der Waals surface area (Å²) >= 11 is 0. The molecule has 1 fully saturated rings. The van der Waals surface area contributed by atoms with E-state index in [1.54, 1.807) is 13.0 Å². The van der Waals surface area contributed by atoms with E-state index in [0.717, 1.165) is 10.6 Å². The van der Waals surface area contributed by atoms with E-state index in [1.165, 1.54) is 23.2 Å². The summed E-state index contributed by atoms with van der Waals surface area (Å²) in [4.78, 5) is 17.6. The van der Waals surface area contributed by atoms with Crippen molar-refractivity contribution in [1.82, 2.24) is 14.6 Å². The number of aryl methyl sites for hydroxylation is 1. The van der Waals surface area contributed by atoms with Crippen molar-refractivity contribution in [3.63, 3.8) is 0 Å². The number of benzene rings is 1. The first-order valence-corrected chi connectivity index (χ1v) is 9.60. The molecule has 0 spiro atoms. The number of hydrogen-bond acceptors (Lipinski definition) is 7. The van der Waals surface area contributed by atoms with Gasteiger partial charge in [0.2, 0.25) is 0 Å². The number of aromatic nitrogens is 3. The minimum absolute atomic E-state index is 0.0357. The lowest BCUT2D eigenvalue weighted by molar-refractivity contribution is 0.110. The molecule has 0 bridgehead atoms. The van der Waals surface area contributed by atoms with Crippen molar-refractivity contribution in [1.29, 1.82) is 0 Å². The first-order valence-electron chi connectivity index (χ1n) is 11.6. The van der Waals surface area contributed by atoms with Crippen molar-refractivity contribution in [2.45, 2.75) is 32.2 Å². The van der Waals surface area contributed by atoms with Gasteiger partial charge in [-0.25, -0.2) is 13.8 Å². The van der Waals surface area contributed by atoms with Crippen LogP contribution in [0.3, 0.4) is 0 Å². The first kappa shape index (κ1) is 15.4. The van der Waals surface area contributed by atoms with Gasteiger partial charge in [-0.05, 0) is 18.6 Å². The molecule has 2 aliphatic rings. The molecule has 4 heterocycles. The Balaban J connectivity index is 1.34. The Morgan fingerprint density at radius 2 is 2.13 bits per heavy atom. The molecule has 5 rings (SSSR count). The number of rotatable bonds is 3. The third kappa shape index (κ3) is 3.62. The number of nitrogens with zero attached hydrogens (tertiary/aromatic N) is 4. The van der Waals surface area contributed by atoms with Crippen LogP contribution in [-0.2, 0) is 0 Å². The molecule has 1 aromatic carbocycles. The lowest BCUT2D eigenvalue weighted by atomic mass is 10.1. The Morgan fingerprint density at radius 1 is 1.29 bits per heavy atom. The van der Waals surface area contributed by atoms with E-state index in [-0.39, 0.29) is 30.0 Å². The van der Waals surface area contributed by atoms with Crippen molar-refractivity contribution >= 4 is 11.5 Å². The van der Waals surface area contributed by atoms with Gasteiger partial charge in [0.15, 0.2) is 35.1 Å². The van der Waals surface area contributed by atoms with Gasteiger partial charge in [-0.3, -0.25) is 4.79 Å². The van der Waals surface area contributed by atoms with E-state index in [4.69, 9.17) is 19.7 Å². The normalized spacial score (nSPS) is 25.8. The fourth-order valence-corrected chi connectivity index (χ4v) is 3.69. The fraction of sp³-hybridized carbons (Fsp3) is 0.381. The Labute approximate surface area is 181 Å². The Morgan fingerprint density at radius 3 is 2.97 bits per heavy atom. The number of alkyl halides is 1. The SMILES string of the molecule is [2H]C1([2H])Oc2cc(O[C@H]3CCN(c4nn5c(=O)ccnc5cc4C)[C@H](F)C3)cc(F)c2OC1([2H])[2H]. The first-order chi connectivity index (χ1) is 16.4. The third-order valence-corrected chi connectivity index (χ3v) is 5.14. The van der Waals surface area contributed by atoms with Gasteiger partial charge in [0.05, 0.1) is 5.48 Å². The van der Waals surface area contributed by atoms with Crippen molar-refractivity contribution in [3.8, 4) is 17.2 Å². The molecule has 2 aliphatic heterocycles. The molecular weight excluding hydrogens is 410 g/mol. The average molecular weight is 434 g/mol. The molecule has 31 heavy (non-hydrogen) atoms. The Bertz CT molecular complexity index is 1370. The van der Waals surface area contributed by atoms with Crippen molar-refractivity contribution in [2.24, 2.45) is 0 Å². The monoisotopic (exact) mass is 434 g/mol. The highest BCUT2D eigenvalue weighted by Crippen LogP contribution is 2.38. The summed E-state index contributed by atoms with van der Waals surface area (Å²) in [5, 5.41) is 4.28. The number of piperidine rings is 1. The lowest BCUT2D eigenvalue weighted by Crippen LogP contribution is -2.45. The highest BCUT2D eigenvalue weighted by atomic mass is 19.1. The highest BCUT2D eigenvalue weighted by molar-refractivity contribution is 5.53. The number of ether oxygens (including phenoxy) is 3. The maximum Gasteiger partial charge on any atom is 0.274 e. The third-order valence-electron chi connectivity index (χ3n) is 5.14. The molecule has 0 amide bonds. The molecule has 0 aliphatic carbocycles. The summed E-state index contributed by atoms with van der Waals surface area (Å²) in [5.74, 6) is -1.66. The summed E-state index contributed by atoms with van der Waals surface area (Å²) in [5.41, 5.74) is 0.613.